The van der Waals surface area contributed by atoms with Crippen LogP contribution in [-0.2, 0) is 11.3 Å². The van der Waals surface area contributed by atoms with Crippen LogP contribution in [0.1, 0.15) is 18.4 Å². The summed E-state index contributed by atoms with van der Waals surface area (Å²) in [5, 5.41) is 10.5. The molecular formula is C14H19FN2O3. The van der Waals surface area contributed by atoms with E-state index < -0.39 is 16.4 Å². The summed E-state index contributed by atoms with van der Waals surface area (Å²) in [6.45, 7) is 2.79. The molecule has 110 valence electrons. The molecule has 1 aromatic carbocycles. The Hall–Kier alpha value is -1.53. The highest BCUT2D eigenvalue weighted by atomic mass is 19.1. The van der Waals surface area contributed by atoms with Gasteiger partial charge >= 0.3 is 5.69 Å². The Morgan fingerprint density at radius 3 is 2.85 bits per heavy atom. The number of nitro benzene ring substituents is 1. The average molecular weight is 282 g/mol. The van der Waals surface area contributed by atoms with Crippen molar-refractivity contribution in [3.63, 3.8) is 0 Å². The molecule has 0 N–H and O–H groups in total. The molecule has 0 aromatic heterocycles. The fraction of sp³-hybridized carbons (Fsp3) is 0.571. The van der Waals surface area contributed by atoms with Crippen molar-refractivity contribution in [3.05, 3.63) is 39.7 Å². The number of nitro groups is 1. The number of ether oxygens (including phenoxy) is 1. The summed E-state index contributed by atoms with van der Waals surface area (Å²) < 4.78 is 19.0. The Bertz CT molecular complexity index is 477. The monoisotopic (exact) mass is 282 g/mol. The standard InChI is InChI=1S/C14H19FN2O3/c1-16(6-7-20-10-11-2-3-11)9-12-4-5-14(17(18)19)13(15)8-12/h4-5,8,11H,2-3,6-7,9-10H2,1H3. The minimum Gasteiger partial charge on any atom is -0.380 e. The highest BCUT2D eigenvalue weighted by Gasteiger charge is 2.21. The topological polar surface area (TPSA) is 55.6 Å². The third-order valence-electron chi connectivity index (χ3n) is 3.33. The molecule has 1 saturated carbocycles. The largest absolute Gasteiger partial charge is 0.380 e. The van der Waals surface area contributed by atoms with Crippen LogP contribution in [0.4, 0.5) is 10.1 Å². The molecule has 0 aliphatic heterocycles. The van der Waals surface area contributed by atoms with E-state index in [1.54, 1.807) is 6.07 Å². The molecule has 1 aliphatic rings. The quantitative estimate of drug-likeness (QED) is 0.418. The maximum Gasteiger partial charge on any atom is 0.304 e. The van der Waals surface area contributed by atoms with Crippen molar-refractivity contribution in [1.29, 1.82) is 0 Å². The van der Waals surface area contributed by atoms with Crippen molar-refractivity contribution in [2.24, 2.45) is 5.92 Å². The molecule has 0 saturated heterocycles. The molecule has 0 spiro atoms. The zero-order chi connectivity index (χ0) is 14.5. The molecule has 0 heterocycles. The lowest BCUT2D eigenvalue weighted by atomic mass is 10.2. The molecule has 1 aliphatic carbocycles. The van der Waals surface area contributed by atoms with Gasteiger partial charge in [0.2, 0.25) is 5.82 Å². The molecule has 5 nitrogen and oxygen atoms in total. The molecular weight excluding hydrogens is 263 g/mol. The summed E-state index contributed by atoms with van der Waals surface area (Å²) in [5.41, 5.74) is 0.238. The molecule has 1 fully saturated rings. The van der Waals surface area contributed by atoms with Gasteiger partial charge in [0.25, 0.3) is 0 Å². The lowest BCUT2D eigenvalue weighted by Gasteiger charge is -2.16. The average Bonchev–Trinajstić information content (AvgIpc) is 3.18. The first-order chi connectivity index (χ1) is 9.56. The van der Waals surface area contributed by atoms with Gasteiger partial charge in [-0.3, -0.25) is 15.0 Å². The van der Waals surface area contributed by atoms with E-state index >= 15 is 0 Å². The van der Waals surface area contributed by atoms with E-state index in [-0.39, 0.29) is 0 Å². The number of rotatable bonds is 8. The minimum absolute atomic E-state index is 0.482. The van der Waals surface area contributed by atoms with Gasteiger partial charge < -0.3 is 4.74 Å². The number of halogens is 1. The molecule has 1 aromatic rings. The summed E-state index contributed by atoms with van der Waals surface area (Å²) >= 11 is 0. The molecule has 0 unspecified atom stereocenters. The zero-order valence-corrected chi connectivity index (χ0v) is 11.5. The van der Waals surface area contributed by atoms with E-state index in [2.05, 4.69) is 0 Å². The predicted octanol–water partition coefficient (Wildman–Crippen LogP) is 2.59. The first-order valence-corrected chi connectivity index (χ1v) is 6.75. The third kappa shape index (κ3) is 4.54. The smallest absolute Gasteiger partial charge is 0.304 e. The van der Waals surface area contributed by atoms with Crippen LogP contribution < -0.4 is 0 Å². The van der Waals surface area contributed by atoms with Crippen LogP contribution in [-0.4, -0.2) is 36.6 Å². The fourth-order valence-electron chi connectivity index (χ4n) is 1.94. The number of likely N-dealkylation sites (N-methyl/N-ethyl adjacent to an activating group) is 1. The van der Waals surface area contributed by atoms with E-state index in [9.17, 15) is 14.5 Å². The van der Waals surface area contributed by atoms with Gasteiger partial charge in [-0.25, -0.2) is 0 Å². The highest BCUT2D eigenvalue weighted by Crippen LogP contribution is 2.28. The van der Waals surface area contributed by atoms with Gasteiger partial charge in [-0.1, -0.05) is 6.07 Å². The van der Waals surface area contributed by atoms with Crippen LogP contribution in [0.3, 0.4) is 0 Å². The first-order valence-electron chi connectivity index (χ1n) is 6.75. The Balaban J connectivity index is 1.76. The Labute approximate surface area is 117 Å². The normalized spacial score (nSPS) is 14.8. The summed E-state index contributed by atoms with van der Waals surface area (Å²) in [5.74, 6) is -0.0324. The second-order valence-corrected chi connectivity index (χ2v) is 5.30. The zero-order valence-electron chi connectivity index (χ0n) is 11.5. The molecule has 20 heavy (non-hydrogen) atoms. The van der Waals surface area contributed by atoms with Gasteiger partial charge in [0, 0.05) is 25.8 Å². The molecule has 6 heteroatoms. The van der Waals surface area contributed by atoms with Gasteiger partial charge in [-0.2, -0.15) is 4.39 Å². The van der Waals surface area contributed by atoms with Crippen molar-refractivity contribution >= 4 is 5.69 Å². The number of benzene rings is 1. The molecule has 0 radical (unpaired) electrons. The molecule has 0 atom stereocenters. The maximum atomic E-state index is 13.5. The van der Waals surface area contributed by atoms with Crippen molar-refractivity contribution in [3.8, 4) is 0 Å². The van der Waals surface area contributed by atoms with Crippen LogP contribution in [0.5, 0.6) is 0 Å². The van der Waals surface area contributed by atoms with Gasteiger partial charge in [0.15, 0.2) is 0 Å². The Kier molecular flexibility index (Phi) is 5.03. The summed E-state index contributed by atoms with van der Waals surface area (Å²) in [7, 11) is 1.92. The first kappa shape index (κ1) is 14.9. The maximum absolute atomic E-state index is 13.5. The third-order valence-corrected chi connectivity index (χ3v) is 3.33. The molecule has 2 rings (SSSR count). The van der Waals surface area contributed by atoms with Gasteiger partial charge in [-0.05, 0) is 37.4 Å². The lowest BCUT2D eigenvalue weighted by molar-refractivity contribution is -0.387. The van der Waals surface area contributed by atoms with Gasteiger partial charge in [0.05, 0.1) is 11.5 Å². The number of nitrogens with zero attached hydrogens (tertiary/aromatic N) is 2. The number of hydrogen-bond donors (Lipinski definition) is 0. The lowest BCUT2D eigenvalue weighted by Crippen LogP contribution is -2.23. The summed E-state index contributed by atoms with van der Waals surface area (Å²) in [6.07, 6.45) is 2.55. The van der Waals surface area contributed by atoms with Crippen LogP contribution in [0.25, 0.3) is 0 Å². The van der Waals surface area contributed by atoms with Crippen LogP contribution >= 0.6 is 0 Å². The molecule has 0 amide bonds. The second kappa shape index (κ2) is 6.76. The minimum atomic E-state index is -0.786. The summed E-state index contributed by atoms with van der Waals surface area (Å²) in [6, 6.07) is 4.02. The van der Waals surface area contributed by atoms with E-state index in [4.69, 9.17) is 4.74 Å². The van der Waals surface area contributed by atoms with E-state index in [0.29, 0.717) is 13.2 Å². The van der Waals surface area contributed by atoms with Crippen molar-refractivity contribution in [2.45, 2.75) is 19.4 Å². The Morgan fingerprint density at radius 2 is 2.25 bits per heavy atom. The molecule has 0 bridgehead atoms. The Morgan fingerprint density at radius 1 is 1.50 bits per heavy atom. The van der Waals surface area contributed by atoms with Crippen LogP contribution in [0.2, 0.25) is 0 Å². The van der Waals surface area contributed by atoms with Gasteiger partial charge in [-0.15, -0.1) is 0 Å². The summed E-state index contributed by atoms with van der Waals surface area (Å²) in [4.78, 5) is 11.8. The van der Waals surface area contributed by atoms with E-state index in [0.717, 1.165) is 24.6 Å². The van der Waals surface area contributed by atoms with Crippen LogP contribution in [0, 0.1) is 21.8 Å². The van der Waals surface area contributed by atoms with Crippen LogP contribution in [0.15, 0.2) is 18.2 Å². The predicted molar refractivity (Wildman–Crippen MR) is 72.9 cm³/mol. The van der Waals surface area contributed by atoms with Crippen molar-refractivity contribution in [2.75, 3.05) is 26.8 Å². The SMILES string of the molecule is CN(CCOCC1CC1)Cc1ccc([N+](=O)[O-])c(F)c1. The van der Waals surface area contributed by atoms with Crippen molar-refractivity contribution in [1.82, 2.24) is 4.90 Å². The van der Waals surface area contributed by atoms with E-state index in [1.165, 1.54) is 25.0 Å². The fourth-order valence-corrected chi connectivity index (χ4v) is 1.94. The highest BCUT2D eigenvalue weighted by molar-refractivity contribution is 5.34. The second-order valence-electron chi connectivity index (χ2n) is 5.30. The van der Waals surface area contributed by atoms with Crippen molar-refractivity contribution < 1.29 is 14.1 Å². The van der Waals surface area contributed by atoms with Gasteiger partial charge in [0.1, 0.15) is 0 Å². The number of hydrogen-bond acceptors (Lipinski definition) is 4. The van der Waals surface area contributed by atoms with E-state index in [1.807, 2.05) is 11.9 Å².